The van der Waals surface area contributed by atoms with E-state index in [2.05, 4.69) is 37.4 Å². The molecule has 144 valence electrons. The lowest BCUT2D eigenvalue weighted by atomic mass is 9.95. The average Bonchev–Trinajstić information content (AvgIpc) is 3.27. The standard InChI is InChI=1S/C21H24N6O/c28-21(17-6-12-26(13-7-17)20-15-22-9-10-23-20)24-14-18-4-1-2-5-19(18)16-27-11-3-8-25-27/h1-5,8-11,15,17H,6-7,12-14,16H2,(H,24,28). The van der Waals surface area contributed by atoms with Crippen molar-refractivity contribution in [2.24, 2.45) is 5.92 Å². The van der Waals surface area contributed by atoms with Crippen LogP contribution in [0.4, 0.5) is 5.82 Å². The van der Waals surface area contributed by atoms with Crippen LogP contribution in [0.15, 0.2) is 61.3 Å². The number of amides is 1. The first-order chi connectivity index (χ1) is 13.8. The van der Waals surface area contributed by atoms with E-state index in [1.807, 2.05) is 29.1 Å². The van der Waals surface area contributed by atoms with E-state index >= 15 is 0 Å². The van der Waals surface area contributed by atoms with Gasteiger partial charge in [-0.1, -0.05) is 24.3 Å². The maximum Gasteiger partial charge on any atom is 0.223 e. The summed E-state index contributed by atoms with van der Waals surface area (Å²) in [5.74, 6) is 1.06. The lowest BCUT2D eigenvalue weighted by Crippen LogP contribution is -2.40. The molecular formula is C21H24N6O. The molecule has 7 heteroatoms. The van der Waals surface area contributed by atoms with Gasteiger partial charge < -0.3 is 10.2 Å². The van der Waals surface area contributed by atoms with Crippen LogP contribution in [-0.2, 0) is 17.9 Å². The minimum Gasteiger partial charge on any atom is -0.355 e. The summed E-state index contributed by atoms with van der Waals surface area (Å²) in [6.07, 6.45) is 10.5. The van der Waals surface area contributed by atoms with Crippen molar-refractivity contribution >= 4 is 11.7 Å². The van der Waals surface area contributed by atoms with Crippen LogP contribution in [0.2, 0.25) is 0 Å². The van der Waals surface area contributed by atoms with Crippen molar-refractivity contribution in [3.8, 4) is 0 Å². The Balaban J connectivity index is 1.31. The fraction of sp³-hybridized carbons (Fsp3) is 0.333. The molecule has 28 heavy (non-hydrogen) atoms. The summed E-state index contributed by atoms with van der Waals surface area (Å²) in [5.41, 5.74) is 2.30. The van der Waals surface area contributed by atoms with E-state index in [9.17, 15) is 4.79 Å². The van der Waals surface area contributed by atoms with Gasteiger partial charge in [0, 0.05) is 50.3 Å². The summed E-state index contributed by atoms with van der Waals surface area (Å²) in [7, 11) is 0. The summed E-state index contributed by atoms with van der Waals surface area (Å²) in [6.45, 7) is 2.90. The van der Waals surface area contributed by atoms with Crippen molar-refractivity contribution in [1.29, 1.82) is 0 Å². The van der Waals surface area contributed by atoms with Crippen molar-refractivity contribution in [3.05, 3.63) is 72.4 Å². The molecule has 0 spiro atoms. The number of carbonyl (C=O) groups is 1. The van der Waals surface area contributed by atoms with Crippen LogP contribution >= 0.6 is 0 Å². The number of benzene rings is 1. The van der Waals surface area contributed by atoms with Gasteiger partial charge in [0.2, 0.25) is 5.91 Å². The van der Waals surface area contributed by atoms with Crippen molar-refractivity contribution in [2.75, 3.05) is 18.0 Å². The van der Waals surface area contributed by atoms with E-state index in [1.54, 1.807) is 24.8 Å². The second-order valence-corrected chi connectivity index (χ2v) is 7.02. The molecular weight excluding hydrogens is 352 g/mol. The highest BCUT2D eigenvalue weighted by Crippen LogP contribution is 2.21. The van der Waals surface area contributed by atoms with Crippen molar-refractivity contribution in [2.45, 2.75) is 25.9 Å². The van der Waals surface area contributed by atoms with E-state index < -0.39 is 0 Å². The molecule has 4 rings (SSSR count). The first kappa shape index (κ1) is 18.2. The number of aromatic nitrogens is 4. The van der Waals surface area contributed by atoms with Gasteiger partial charge in [-0.15, -0.1) is 0 Å². The predicted molar refractivity (Wildman–Crippen MR) is 107 cm³/mol. The summed E-state index contributed by atoms with van der Waals surface area (Å²) in [5, 5.41) is 7.40. The minimum atomic E-state index is 0.0474. The molecule has 1 fully saturated rings. The van der Waals surface area contributed by atoms with Crippen molar-refractivity contribution < 1.29 is 4.79 Å². The molecule has 1 aliphatic heterocycles. The first-order valence-corrected chi connectivity index (χ1v) is 9.62. The van der Waals surface area contributed by atoms with E-state index in [1.165, 1.54) is 5.56 Å². The van der Waals surface area contributed by atoms with Crippen LogP contribution in [0.1, 0.15) is 24.0 Å². The van der Waals surface area contributed by atoms with Crippen molar-refractivity contribution in [1.82, 2.24) is 25.1 Å². The Hall–Kier alpha value is -3.22. The van der Waals surface area contributed by atoms with E-state index in [4.69, 9.17) is 0 Å². The smallest absolute Gasteiger partial charge is 0.223 e. The first-order valence-electron chi connectivity index (χ1n) is 9.62. The fourth-order valence-electron chi connectivity index (χ4n) is 3.60. The van der Waals surface area contributed by atoms with Crippen LogP contribution in [-0.4, -0.2) is 38.7 Å². The highest BCUT2D eigenvalue weighted by Gasteiger charge is 2.25. The summed E-state index contributed by atoms with van der Waals surface area (Å²) >= 11 is 0. The Kier molecular flexibility index (Phi) is 5.61. The molecule has 2 aromatic heterocycles. The normalized spacial score (nSPS) is 14.8. The molecule has 1 N–H and O–H groups in total. The van der Waals surface area contributed by atoms with Crippen LogP contribution in [0, 0.1) is 5.92 Å². The van der Waals surface area contributed by atoms with E-state index in [-0.39, 0.29) is 11.8 Å². The fourth-order valence-corrected chi connectivity index (χ4v) is 3.60. The maximum absolute atomic E-state index is 12.7. The molecule has 3 aromatic rings. The van der Waals surface area contributed by atoms with E-state index in [0.29, 0.717) is 13.1 Å². The predicted octanol–water partition coefficient (Wildman–Crippen LogP) is 2.25. The highest BCUT2D eigenvalue weighted by atomic mass is 16.1. The third kappa shape index (κ3) is 4.36. The molecule has 3 heterocycles. The third-order valence-corrected chi connectivity index (χ3v) is 5.20. The second kappa shape index (κ2) is 8.65. The Bertz CT molecular complexity index is 888. The number of rotatable bonds is 6. The summed E-state index contributed by atoms with van der Waals surface area (Å²) in [4.78, 5) is 23.3. The Morgan fingerprint density at radius 3 is 2.61 bits per heavy atom. The van der Waals surface area contributed by atoms with Gasteiger partial charge in [-0.05, 0) is 30.0 Å². The third-order valence-electron chi connectivity index (χ3n) is 5.20. The molecule has 0 atom stereocenters. The Morgan fingerprint density at radius 1 is 1.07 bits per heavy atom. The molecule has 0 unspecified atom stereocenters. The molecule has 7 nitrogen and oxygen atoms in total. The Morgan fingerprint density at radius 2 is 1.89 bits per heavy atom. The number of nitrogens with zero attached hydrogens (tertiary/aromatic N) is 5. The van der Waals surface area contributed by atoms with Gasteiger partial charge in [0.15, 0.2) is 0 Å². The quantitative estimate of drug-likeness (QED) is 0.714. The number of carbonyl (C=O) groups excluding carboxylic acids is 1. The molecule has 0 saturated carbocycles. The van der Waals surface area contributed by atoms with Gasteiger partial charge in [0.1, 0.15) is 5.82 Å². The topological polar surface area (TPSA) is 75.9 Å². The van der Waals surface area contributed by atoms with Crippen molar-refractivity contribution in [3.63, 3.8) is 0 Å². The number of hydrogen-bond donors (Lipinski definition) is 1. The summed E-state index contributed by atoms with van der Waals surface area (Å²) in [6, 6.07) is 10.1. The lowest BCUT2D eigenvalue weighted by Gasteiger charge is -2.31. The molecule has 1 saturated heterocycles. The molecule has 1 aromatic carbocycles. The van der Waals surface area contributed by atoms with Crippen LogP contribution in [0.3, 0.4) is 0 Å². The molecule has 1 amide bonds. The molecule has 1 aliphatic rings. The van der Waals surface area contributed by atoms with Crippen LogP contribution < -0.4 is 10.2 Å². The zero-order valence-electron chi connectivity index (χ0n) is 15.7. The van der Waals surface area contributed by atoms with Gasteiger partial charge in [-0.2, -0.15) is 5.10 Å². The van der Waals surface area contributed by atoms with Gasteiger partial charge in [0.25, 0.3) is 0 Å². The van der Waals surface area contributed by atoms with Gasteiger partial charge in [0.05, 0.1) is 12.7 Å². The monoisotopic (exact) mass is 376 g/mol. The summed E-state index contributed by atoms with van der Waals surface area (Å²) < 4.78 is 1.89. The number of piperidine rings is 1. The van der Waals surface area contributed by atoms with Gasteiger partial charge >= 0.3 is 0 Å². The minimum absolute atomic E-state index is 0.0474. The largest absolute Gasteiger partial charge is 0.355 e. The maximum atomic E-state index is 12.7. The number of anilines is 1. The van der Waals surface area contributed by atoms with Gasteiger partial charge in [-0.25, -0.2) is 4.98 Å². The van der Waals surface area contributed by atoms with Gasteiger partial charge in [-0.3, -0.25) is 14.5 Å². The molecule has 0 aliphatic carbocycles. The van der Waals surface area contributed by atoms with Crippen LogP contribution in [0.25, 0.3) is 0 Å². The Labute approximate surface area is 164 Å². The highest BCUT2D eigenvalue weighted by molar-refractivity contribution is 5.79. The lowest BCUT2D eigenvalue weighted by molar-refractivity contribution is -0.125. The second-order valence-electron chi connectivity index (χ2n) is 7.02. The number of nitrogens with one attached hydrogen (secondary N) is 1. The SMILES string of the molecule is O=C(NCc1ccccc1Cn1cccn1)C1CCN(c2cnccn2)CC1. The molecule has 0 radical (unpaired) electrons. The molecule has 0 bridgehead atoms. The average molecular weight is 376 g/mol. The van der Waals surface area contributed by atoms with Crippen LogP contribution in [0.5, 0.6) is 0 Å². The zero-order valence-corrected chi connectivity index (χ0v) is 15.7. The zero-order chi connectivity index (χ0) is 19.2. The van der Waals surface area contributed by atoms with E-state index in [0.717, 1.165) is 37.3 Å². The number of hydrogen-bond acceptors (Lipinski definition) is 5.